The van der Waals surface area contributed by atoms with Crippen LogP contribution in [0.4, 0.5) is 5.82 Å². The van der Waals surface area contributed by atoms with Crippen molar-refractivity contribution in [1.82, 2.24) is 24.8 Å². The van der Waals surface area contributed by atoms with E-state index in [2.05, 4.69) is 10.3 Å². The number of carbonyl (C=O) groups is 1. The van der Waals surface area contributed by atoms with Gasteiger partial charge in [-0.3, -0.25) is 9.36 Å². The zero-order valence-corrected chi connectivity index (χ0v) is 23.5. The Labute approximate surface area is 244 Å². The second kappa shape index (κ2) is 12.9. The summed E-state index contributed by atoms with van der Waals surface area (Å²) in [6.45, 7) is 4.40. The first-order valence-corrected chi connectivity index (χ1v) is 13.8. The van der Waals surface area contributed by atoms with Crippen molar-refractivity contribution in [1.29, 1.82) is 0 Å². The third-order valence-electron chi connectivity index (χ3n) is 6.73. The highest BCUT2D eigenvalue weighted by molar-refractivity contribution is 5.94. The Hall–Kier alpha value is -5.34. The highest BCUT2D eigenvalue weighted by atomic mass is 16.3. The minimum absolute atomic E-state index is 0.00392. The molecule has 0 atom stereocenters. The highest BCUT2D eigenvalue weighted by Crippen LogP contribution is 2.32. The van der Waals surface area contributed by atoms with Crippen molar-refractivity contribution in [3.8, 4) is 28.2 Å². The summed E-state index contributed by atoms with van der Waals surface area (Å²) < 4.78 is 1.97. The Morgan fingerprint density at radius 3 is 2.26 bits per heavy atom. The average Bonchev–Trinajstić information content (AvgIpc) is 3.44. The van der Waals surface area contributed by atoms with E-state index in [4.69, 9.17) is 15.7 Å². The number of fused-ring (bicyclic) bond motifs is 1. The van der Waals surface area contributed by atoms with Crippen molar-refractivity contribution in [2.45, 2.75) is 27.0 Å². The predicted molar refractivity (Wildman–Crippen MR) is 167 cm³/mol. The van der Waals surface area contributed by atoms with Crippen LogP contribution in [-0.4, -0.2) is 30.5 Å². The molecule has 0 saturated heterocycles. The van der Waals surface area contributed by atoms with Gasteiger partial charge in [-0.2, -0.15) is 0 Å². The van der Waals surface area contributed by atoms with Gasteiger partial charge in [0, 0.05) is 35.8 Å². The topological polar surface area (TPSA) is 119 Å². The summed E-state index contributed by atoms with van der Waals surface area (Å²) in [4.78, 5) is 26.5. The minimum Gasteiger partial charge on any atom is -0.392 e. The van der Waals surface area contributed by atoms with Gasteiger partial charge in [0.2, 0.25) is 0 Å². The van der Waals surface area contributed by atoms with Gasteiger partial charge in [0.1, 0.15) is 11.3 Å². The summed E-state index contributed by atoms with van der Waals surface area (Å²) in [6, 6.07) is 30.5. The molecule has 8 heteroatoms. The first-order valence-electron chi connectivity index (χ1n) is 13.8. The number of nitrogens with zero attached hydrogens (tertiary/aromatic N) is 4. The van der Waals surface area contributed by atoms with Gasteiger partial charge in [0.05, 0.1) is 12.2 Å². The Morgan fingerprint density at radius 1 is 0.857 bits per heavy atom. The smallest absolute Gasteiger partial charge is 0.251 e. The second-order valence-electron chi connectivity index (χ2n) is 9.34. The van der Waals surface area contributed by atoms with Crippen LogP contribution in [0.5, 0.6) is 0 Å². The fourth-order valence-corrected chi connectivity index (χ4v) is 4.59. The zero-order chi connectivity index (χ0) is 29.5. The summed E-state index contributed by atoms with van der Waals surface area (Å²) in [5.41, 5.74) is 13.5. The van der Waals surface area contributed by atoms with Crippen LogP contribution in [0.3, 0.4) is 0 Å². The average molecular weight is 557 g/mol. The molecule has 42 heavy (non-hydrogen) atoms. The molecule has 3 aromatic heterocycles. The number of aromatic nitrogens is 4. The SMILES string of the molecule is CC.Nc1ncccc1-c1nc2cc(-c3ccc(CO)cc3)cnc2n1-c1ccc(CNC(=O)c2ccccc2)cc1. The maximum absolute atomic E-state index is 12.5. The van der Waals surface area contributed by atoms with Gasteiger partial charge in [-0.15, -0.1) is 0 Å². The lowest BCUT2D eigenvalue weighted by Gasteiger charge is -2.11. The number of amides is 1. The molecule has 210 valence electrons. The normalized spacial score (nSPS) is 10.6. The molecule has 0 aliphatic heterocycles. The summed E-state index contributed by atoms with van der Waals surface area (Å²) in [5, 5.41) is 12.3. The molecule has 8 nitrogen and oxygen atoms in total. The molecule has 0 radical (unpaired) electrons. The Morgan fingerprint density at radius 2 is 1.57 bits per heavy atom. The fraction of sp³-hybridized carbons (Fsp3) is 0.118. The molecule has 1 amide bonds. The minimum atomic E-state index is -0.120. The van der Waals surface area contributed by atoms with E-state index < -0.39 is 0 Å². The van der Waals surface area contributed by atoms with Crippen LogP contribution >= 0.6 is 0 Å². The number of nitrogens with two attached hydrogens (primary N) is 1. The monoisotopic (exact) mass is 556 g/mol. The van der Waals surface area contributed by atoms with Crippen LogP contribution in [0.2, 0.25) is 0 Å². The van der Waals surface area contributed by atoms with E-state index in [9.17, 15) is 9.90 Å². The van der Waals surface area contributed by atoms with Crippen LogP contribution in [-0.2, 0) is 13.2 Å². The number of aliphatic hydroxyl groups excluding tert-OH is 1. The maximum Gasteiger partial charge on any atom is 0.251 e. The summed E-state index contributed by atoms with van der Waals surface area (Å²) >= 11 is 0. The van der Waals surface area contributed by atoms with Crippen LogP contribution in [0, 0.1) is 0 Å². The van der Waals surface area contributed by atoms with E-state index >= 15 is 0 Å². The van der Waals surface area contributed by atoms with Gasteiger partial charge in [0.15, 0.2) is 11.5 Å². The Balaban J connectivity index is 0.00000173. The van der Waals surface area contributed by atoms with E-state index in [0.717, 1.165) is 27.9 Å². The number of carbonyl (C=O) groups excluding carboxylic acids is 1. The number of nitrogens with one attached hydrogen (secondary N) is 1. The molecule has 6 rings (SSSR count). The maximum atomic E-state index is 12.5. The van der Waals surface area contributed by atoms with Crippen molar-refractivity contribution in [3.63, 3.8) is 0 Å². The fourth-order valence-electron chi connectivity index (χ4n) is 4.59. The number of imidazole rings is 1. The third kappa shape index (κ3) is 5.89. The number of aliphatic hydroxyl groups is 1. The van der Waals surface area contributed by atoms with E-state index in [1.54, 1.807) is 18.3 Å². The molecule has 0 spiro atoms. The Kier molecular flexibility index (Phi) is 8.65. The molecule has 3 aromatic carbocycles. The number of nitrogen functional groups attached to an aromatic ring is 1. The number of anilines is 1. The summed E-state index contributed by atoms with van der Waals surface area (Å²) in [7, 11) is 0. The van der Waals surface area contributed by atoms with Crippen molar-refractivity contribution >= 4 is 22.9 Å². The number of pyridine rings is 2. The largest absolute Gasteiger partial charge is 0.392 e. The van der Waals surface area contributed by atoms with Crippen LogP contribution in [0.1, 0.15) is 35.3 Å². The first kappa shape index (κ1) is 28.2. The van der Waals surface area contributed by atoms with Gasteiger partial charge in [-0.25, -0.2) is 15.0 Å². The standard InChI is InChI=1S/C32H26N6O2.C2H6/c33-29-27(7-4-16-34-29)30-37-28-17-25(23-12-8-22(20-39)9-13-23)19-35-31(28)38(30)26-14-10-21(11-15-26)18-36-32(40)24-5-2-1-3-6-24;1-2/h1-17,19,39H,18,20H2,(H2,33,34)(H,36,40);1-2H3. The lowest BCUT2D eigenvalue weighted by Crippen LogP contribution is -2.22. The van der Waals surface area contributed by atoms with Gasteiger partial charge < -0.3 is 16.2 Å². The van der Waals surface area contributed by atoms with Crippen molar-refractivity contribution < 1.29 is 9.90 Å². The molecular formula is C34H32N6O2. The number of rotatable bonds is 7. The molecule has 0 aliphatic carbocycles. The van der Waals surface area contributed by atoms with Crippen LogP contribution in [0.15, 0.2) is 109 Å². The van der Waals surface area contributed by atoms with Gasteiger partial charge in [0.25, 0.3) is 5.91 Å². The van der Waals surface area contributed by atoms with E-state index in [1.807, 2.05) is 110 Å². The van der Waals surface area contributed by atoms with E-state index in [0.29, 0.717) is 40.5 Å². The lowest BCUT2D eigenvalue weighted by atomic mass is 10.1. The van der Waals surface area contributed by atoms with E-state index in [1.165, 1.54) is 0 Å². The zero-order valence-electron chi connectivity index (χ0n) is 23.5. The van der Waals surface area contributed by atoms with Crippen molar-refractivity contribution in [2.24, 2.45) is 0 Å². The number of hydrogen-bond acceptors (Lipinski definition) is 6. The number of benzene rings is 3. The highest BCUT2D eigenvalue weighted by Gasteiger charge is 2.18. The quantitative estimate of drug-likeness (QED) is 0.216. The first-order chi connectivity index (χ1) is 20.6. The third-order valence-corrected chi connectivity index (χ3v) is 6.73. The summed E-state index contributed by atoms with van der Waals surface area (Å²) in [6.07, 6.45) is 3.47. The molecule has 0 saturated carbocycles. The van der Waals surface area contributed by atoms with Gasteiger partial charge >= 0.3 is 0 Å². The number of hydrogen-bond donors (Lipinski definition) is 3. The van der Waals surface area contributed by atoms with Crippen LogP contribution < -0.4 is 11.1 Å². The molecule has 0 aliphatic rings. The second-order valence-corrected chi connectivity index (χ2v) is 9.34. The molecule has 0 unspecified atom stereocenters. The molecule has 3 heterocycles. The summed E-state index contributed by atoms with van der Waals surface area (Å²) in [5.74, 6) is 0.885. The van der Waals surface area contributed by atoms with E-state index in [-0.39, 0.29) is 12.5 Å². The Bertz CT molecular complexity index is 1800. The van der Waals surface area contributed by atoms with Gasteiger partial charge in [-0.1, -0.05) is 68.4 Å². The van der Waals surface area contributed by atoms with Gasteiger partial charge in [-0.05, 0) is 59.2 Å². The molecular weight excluding hydrogens is 524 g/mol. The molecule has 4 N–H and O–H groups in total. The van der Waals surface area contributed by atoms with Crippen molar-refractivity contribution in [2.75, 3.05) is 5.73 Å². The predicted octanol–water partition coefficient (Wildman–Crippen LogP) is 6.18. The van der Waals surface area contributed by atoms with Crippen molar-refractivity contribution in [3.05, 3.63) is 126 Å². The lowest BCUT2D eigenvalue weighted by molar-refractivity contribution is 0.0951. The molecule has 0 bridgehead atoms. The van der Waals surface area contributed by atoms with Crippen LogP contribution in [0.25, 0.3) is 39.4 Å². The molecule has 0 fully saturated rings. The molecule has 6 aromatic rings.